The molecule has 1 rings (SSSR count). The molecule has 3 N–H and O–H groups in total. The highest BCUT2D eigenvalue weighted by atomic mass is 35.5. The van der Waals surface area contributed by atoms with E-state index < -0.39 is 5.97 Å². The van der Waals surface area contributed by atoms with Crippen molar-refractivity contribution in [1.82, 2.24) is 0 Å². The van der Waals surface area contributed by atoms with Crippen molar-refractivity contribution in [3.8, 4) is 5.75 Å². The first-order chi connectivity index (χ1) is 7.54. The maximum absolute atomic E-state index is 10.3. The Bertz CT molecular complexity index is 429. The molecule has 16 heavy (non-hydrogen) atoms. The van der Waals surface area contributed by atoms with Crippen LogP contribution in [-0.2, 0) is 4.79 Å². The van der Waals surface area contributed by atoms with E-state index in [1.807, 2.05) is 0 Å². The predicted molar refractivity (Wildman–Crippen MR) is 63.7 cm³/mol. The number of methoxy groups -OCH3 is 1. The lowest BCUT2D eigenvalue weighted by Crippen LogP contribution is -1.93. The number of ether oxygens (including phenoxy) is 1. The number of hydrogen-bond donors (Lipinski definition) is 2. The number of anilines is 1. The topological polar surface area (TPSA) is 72.5 Å². The molecule has 0 fully saturated rings. The highest BCUT2D eigenvalue weighted by Gasteiger charge is 2.04. The molecule has 0 amide bonds. The van der Waals surface area contributed by atoms with Crippen LogP contribution in [0, 0.1) is 0 Å². The van der Waals surface area contributed by atoms with Gasteiger partial charge >= 0.3 is 5.97 Å². The standard InChI is InChI=1S/C11H12ClNO3/c1-16-10-5-7(3-2-4-11(14)15)8(12)6-9(10)13/h2-3,5-6H,4,13H2,1H3,(H,14,15). The van der Waals surface area contributed by atoms with Crippen molar-refractivity contribution in [2.24, 2.45) is 0 Å². The molecule has 0 radical (unpaired) electrons. The SMILES string of the molecule is COc1cc(C=CCC(=O)O)c(Cl)cc1N. The second-order valence-corrected chi connectivity index (χ2v) is 3.52. The molecule has 0 aromatic heterocycles. The lowest BCUT2D eigenvalue weighted by molar-refractivity contribution is -0.135. The van der Waals surface area contributed by atoms with E-state index >= 15 is 0 Å². The molecule has 4 nitrogen and oxygen atoms in total. The van der Waals surface area contributed by atoms with Gasteiger partial charge in [0.05, 0.1) is 24.2 Å². The number of carboxylic acid groups (broad SMARTS) is 1. The number of benzene rings is 1. The average Bonchev–Trinajstić information content (AvgIpc) is 2.20. The molecule has 0 spiro atoms. The summed E-state index contributed by atoms with van der Waals surface area (Å²) in [5.74, 6) is -0.380. The van der Waals surface area contributed by atoms with Gasteiger partial charge < -0.3 is 15.6 Å². The van der Waals surface area contributed by atoms with Crippen molar-refractivity contribution in [2.45, 2.75) is 6.42 Å². The largest absolute Gasteiger partial charge is 0.495 e. The zero-order chi connectivity index (χ0) is 12.1. The Morgan fingerprint density at radius 3 is 2.88 bits per heavy atom. The molecule has 0 saturated carbocycles. The molecule has 0 unspecified atom stereocenters. The number of carbonyl (C=O) groups is 1. The van der Waals surface area contributed by atoms with Gasteiger partial charge in [-0.15, -0.1) is 0 Å². The highest BCUT2D eigenvalue weighted by Crippen LogP contribution is 2.29. The Morgan fingerprint density at radius 1 is 1.62 bits per heavy atom. The summed E-state index contributed by atoms with van der Waals surface area (Å²) in [5.41, 5.74) is 6.77. The van der Waals surface area contributed by atoms with Gasteiger partial charge in [0.15, 0.2) is 0 Å². The van der Waals surface area contributed by atoms with Crippen LogP contribution in [0.4, 0.5) is 5.69 Å². The van der Waals surface area contributed by atoms with Crippen molar-refractivity contribution in [1.29, 1.82) is 0 Å². The Morgan fingerprint density at radius 2 is 2.31 bits per heavy atom. The number of hydrogen-bond acceptors (Lipinski definition) is 3. The Labute approximate surface area is 98.3 Å². The fraction of sp³-hybridized carbons (Fsp3) is 0.182. The monoisotopic (exact) mass is 241 g/mol. The number of aliphatic carboxylic acids is 1. The van der Waals surface area contributed by atoms with Crippen LogP contribution in [0.3, 0.4) is 0 Å². The van der Waals surface area contributed by atoms with Crippen molar-refractivity contribution >= 4 is 29.3 Å². The van der Waals surface area contributed by atoms with E-state index in [9.17, 15) is 4.79 Å². The molecule has 86 valence electrons. The Balaban J connectivity index is 2.95. The smallest absolute Gasteiger partial charge is 0.307 e. The fourth-order valence-corrected chi connectivity index (χ4v) is 1.41. The summed E-state index contributed by atoms with van der Waals surface area (Å²) >= 11 is 5.94. The van der Waals surface area contributed by atoms with Gasteiger partial charge in [0, 0.05) is 0 Å². The van der Waals surface area contributed by atoms with Gasteiger partial charge in [-0.3, -0.25) is 4.79 Å². The molecular formula is C11H12ClNO3. The van der Waals surface area contributed by atoms with Crippen molar-refractivity contribution < 1.29 is 14.6 Å². The third-order valence-electron chi connectivity index (χ3n) is 1.94. The van der Waals surface area contributed by atoms with E-state index in [0.29, 0.717) is 22.0 Å². The first-order valence-corrected chi connectivity index (χ1v) is 4.93. The number of nitrogen functional groups attached to an aromatic ring is 1. The fourth-order valence-electron chi connectivity index (χ4n) is 1.18. The quantitative estimate of drug-likeness (QED) is 0.794. The normalized spacial score (nSPS) is 10.6. The minimum atomic E-state index is -0.894. The van der Waals surface area contributed by atoms with Gasteiger partial charge in [0.1, 0.15) is 5.75 Å². The summed E-state index contributed by atoms with van der Waals surface area (Å²) in [7, 11) is 1.50. The second-order valence-electron chi connectivity index (χ2n) is 3.12. The molecule has 0 aliphatic heterocycles. The zero-order valence-electron chi connectivity index (χ0n) is 8.74. The van der Waals surface area contributed by atoms with E-state index in [0.717, 1.165) is 0 Å². The lowest BCUT2D eigenvalue weighted by Gasteiger charge is -2.07. The van der Waals surface area contributed by atoms with Crippen molar-refractivity contribution in [3.05, 3.63) is 28.8 Å². The third-order valence-corrected chi connectivity index (χ3v) is 2.27. The van der Waals surface area contributed by atoms with Gasteiger partial charge in [0.2, 0.25) is 0 Å². The average molecular weight is 242 g/mol. The van der Waals surface area contributed by atoms with Gasteiger partial charge in [-0.1, -0.05) is 23.8 Å². The number of carboxylic acids is 1. The molecule has 5 heteroatoms. The summed E-state index contributed by atoms with van der Waals surface area (Å²) in [5, 5.41) is 8.94. The number of rotatable bonds is 4. The lowest BCUT2D eigenvalue weighted by atomic mass is 10.1. The molecule has 0 bridgehead atoms. The van der Waals surface area contributed by atoms with Crippen LogP contribution in [0.5, 0.6) is 5.75 Å². The minimum Gasteiger partial charge on any atom is -0.495 e. The maximum Gasteiger partial charge on any atom is 0.307 e. The van der Waals surface area contributed by atoms with E-state index in [2.05, 4.69) is 0 Å². The van der Waals surface area contributed by atoms with Gasteiger partial charge in [-0.25, -0.2) is 0 Å². The first kappa shape index (κ1) is 12.4. The van der Waals surface area contributed by atoms with Gasteiger partial charge in [0.25, 0.3) is 0 Å². The van der Waals surface area contributed by atoms with Crippen LogP contribution in [0.1, 0.15) is 12.0 Å². The van der Waals surface area contributed by atoms with Crippen molar-refractivity contribution in [3.63, 3.8) is 0 Å². The summed E-state index contributed by atoms with van der Waals surface area (Å²) < 4.78 is 5.03. The molecule has 1 aromatic rings. The van der Waals surface area contributed by atoms with Gasteiger partial charge in [-0.2, -0.15) is 0 Å². The molecule has 0 atom stereocenters. The van der Waals surface area contributed by atoms with E-state index in [1.165, 1.54) is 13.2 Å². The number of nitrogens with two attached hydrogens (primary N) is 1. The Kier molecular flexibility index (Phi) is 4.19. The number of halogens is 1. The predicted octanol–water partition coefficient (Wildman–Crippen LogP) is 2.42. The summed E-state index contributed by atoms with van der Waals surface area (Å²) in [6.07, 6.45) is 3.08. The zero-order valence-corrected chi connectivity index (χ0v) is 9.49. The van der Waals surface area contributed by atoms with E-state index in [4.69, 9.17) is 27.2 Å². The van der Waals surface area contributed by atoms with Crippen LogP contribution in [0.15, 0.2) is 18.2 Å². The maximum atomic E-state index is 10.3. The molecule has 0 heterocycles. The molecular weight excluding hydrogens is 230 g/mol. The van der Waals surface area contributed by atoms with Crippen LogP contribution in [-0.4, -0.2) is 18.2 Å². The van der Waals surface area contributed by atoms with Crippen LogP contribution in [0.25, 0.3) is 6.08 Å². The second kappa shape index (κ2) is 5.42. The minimum absolute atomic E-state index is 0.0526. The molecule has 0 saturated heterocycles. The van der Waals surface area contributed by atoms with Crippen LogP contribution >= 0.6 is 11.6 Å². The molecule has 1 aromatic carbocycles. The summed E-state index contributed by atoms with van der Waals surface area (Å²) in [6.45, 7) is 0. The van der Waals surface area contributed by atoms with Gasteiger partial charge in [-0.05, 0) is 17.7 Å². The molecule has 0 aliphatic carbocycles. The third kappa shape index (κ3) is 3.17. The van der Waals surface area contributed by atoms with E-state index in [1.54, 1.807) is 18.2 Å². The van der Waals surface area contributed by atoms with Crippen molar-refractivity contribution in [2.75, 3.05) is 12.8 Å². The first-order valence-electron chi connectivity index (χ1n) is 4.56. The van der Waals surface area contributed by atoms with Crippen LogP contribution < -0.4 is 10.5 Å². The summed E-state index contributed by atoms with van der Waals surface area (Å²) in [6, 6.07) is 3.23. The Hall–Kier alpha value is -1.68. The summed E-state index contributed by atoms with van der Waals surface area (Å²) in [4.78, 5) is 10.3. The van der Waals surface area contributed by atoms with Crippen LogP contribution in [0.2, 0.25) is 5.02 Å². The molecule has 0 aliphatic rings. The van der Waals surface area contributed by atoms with E-state index in [-0.39, 0.29) is 6.42 Å². The highest BCUT2D eigenvalue weighted by molar-refractivity contribution is 6.32.